The first-order valence-corrected chi connectivity index (χ1v) is 11.1. The Balaban J connectivity index is 1.49. The fraction of sp³-hybridized carbons (Fsp3) is 0.150. The largest absolute Gasteiger partial charge is 0.482 e. The molecule has 12 heteroatoms. The summed E-state index contributed by atoms with van der Waals surface area (Å²) in [6.07, 6.45) is 1.51. The van der Waals surface area contributed by atoms with Gasteiger partial charge < -0.3 is 19.9 Å². The van der Waals surface area contributed by atoms with E-state index in [0.717, 1.165) is 4.31 Å². The van der Waals surface area contributed by atoms with Crippen LogP contribution in [0, 0.1) is 0 Å². The fourth-order valence-electron chi connectivity index (χ4n) is 3.05. The number of anilines is 2. The van der Waals surface area contributed by atoms with Crippen molar-refractivity contribution in [3.05, 3.63) is 53.7 Å². The van der Waals surface area contributed by atoms with Gasteiger partial charge in [0.25, 0.3) is 5.91 Å². The Labute approximate surface area is 188 Å². The zero-order chi connectivity index (χ0) is 22.9. The van der Waals surface area contributed by atoms with Crippen LogP contribution in [0.3, 0.4) is 0 Å². The Hall–Kier alpha value is -3.41. The lowest BCUT2D eigenvalue weighted by molar-refractivity contribution is -0.118. The lowest BCUT2D eigenvalue weighted by Crippen LogP contribution is -2.35. The predicted molar refractivity (Wildman–Crippen MR) is 116 cm³/mol. The molecular weight excluding hydrogens is 460 g/mol. The molecule has 2 heterocycles. The van der Waals surface area contributed by atoms with Crippen molar-refractivity contribution in [3.63, 3.8) is 0 Å². The number of likely N-dealkylation sites (N-methyl/N-ethyl adjacent to an activating group) is 1. The molecule has 32 heavy (non-hydrogen) atoms. The molecule has 0 aliphatic carbocycles. The van der Waals surface area contributed by atoms with Gasteiger partial charge in [0.15, 0.2) is 12.4 Å². The molecule has 2 N–H and O–H groups in total. The van der Waals surface area contributed by atoms with Gasteiger partial charge in [-0.3, -0.25) is 9.59 Å². The number of nitrogens with zero attached hydrogens (tertiary/aromatic N) is 2. The van der Waals surface area contributed by atoms with Crippen LogP contribution in [0.25, 0.3) is 11.3 Å². The zero-order valence-electron chi connectivity index (χ0n) is 16.7. The van der Waals surface area contributed by atoms with Crippen molar-refractivity contribution < 1.29 is 27.3 Å². The Bertz CT molecular complexity index is 1290. The molecule has 1 aliphatic rings. The van der Waals surface area contributed by atoms with Gasteiger partial charge >= 0.3 is 0 Å². The average molecular weight is 477 g/mol. The second kappa shape index (κ2) is 8.61. The van der Waals surface area contributed by atoms with E-state index in [-0.39, 0.29) is 33.9 Å². The van der Waals surface area contributed by atoms with Crippen LogP contribution in [0.4, 0.5) is 11.4 Å². The first-order valence-electron chi connectivity index (χ1n) is 9.27. The van der Waals surface area contributed by atoms with Crippen molar-refractivity contribution in [1.29, 1.82) is 0 Å². The Morgan fingerprint density at radius 3 is 2.84 bits per heavy atom. The minimum Gasteiger partial charge on any atom is -0.482 e. The summed E-state index contributed by atoms with van der Waals surface area (Å²) in [7, 11) is -2.86. The normalized spacial score (nSPS) is 13.3. The third-order valence-corrected chi connectivity index (χ3v) is 6.86. The topological polar surface area (TPSA) is 131 Å². The van der Waals surface area contributed by atoms with E-state index in [1.807, 2.05) is 0 Å². The molecule has 166 valence electrons. The number of nitrogens with one attached hydrogen (secondary N) is 2. The van der Waals surface area contributed by atoms with Crippen molar-refractivity contribution in [2.24, 2.45) is 0 Å². The standard InChI is InChI=1S/C20H17ClN4O6S/c1-25(10-19(26)23-13-4-2-3-12(7-13)16-5-6-22-31-16)32(28,29)18-9-17-15(8-14(18)21)24-20(27)11-30-17/h2-9H,10-11H2,1H3,(H,23,26)(H,24,27). The molecule has 0 saturated heterocycles. The van der Waals surface area contributed by atoms with E-state index in [1.54, 1.807) is 30.3 Å². The van der Waals surface area contributed by atoms with Crippen LogP contribution in [0.15, 0.2) is 58.1 Å². The van der Waals surface area contributed by atoms with Crippen molar-refractivity contribution in [3.8, 4) is 17.1 Å². The average Bonchev–Trinajstić information content (AvgIpc) is 3.28. The predicted octanol–water partition coefficient (Wildman–Crippen LogP) is 2.59. The minimum atomic E-state index is -4.12. The number of aromatic nitrogens is 1. The molecule has 0 unspecified atom stereocenters. The summed E-state index contributed by atoms with van der Waals surface area (Å²) in [6.45, 7) is -0.695. The van der Waals surface area contributed by atoms with E-state index in [9.17, 15) is 18.0 Å². The maximum Gasteiger partial charge on any atom is 0.262 e. The molecule has 3 aromatic rings. The molecule has 1 aliphatic heterocycles. The van der Waals surface area contributed by atoms with Gasteiger partial charge in [-0.1, -0.05) is 28.9 Å². The van der Waals surface area contributed by atoms with E-state index in [1.165, 1.54) is 25.4 Å². The lowest BCUT2D eigenvalue weighted by Gasteiger charge is -2.22. The van der Waals surface area contributed by atoms with E-state index in [4.69, 9.17) is 20.9 Å². The maximum absolute atomic E-state index is 13.0. The highest BCUT2D eigenvalue weighted by molar-refractivity contribution is 7.89. The van der Waals surface area contributed by atoms with E-state index < -0.39 is 22.5 Å². The molecule has 0 radical (unpaired) electrons. The highest BCUT2D eigenvalue weighted by atomic mass is 35.5. The quantitative estimate of drug-likeness (QED) is 0.559. The second-order valence-electron chi connectivity index (χ2n) is 6.88. The monoisotopic (exact) mass is 476 g/mol. The van der Waals surface area contributed by atoms with Gasteiger partial charge in [-0.15, -0.1) is 0 Å². The van der Waals surface area contributed by atoms with Crippen LogP contribution in [-0.4, -0.2) is 49.9 Å². The van der Waals surface area contributed by atoms with Crippen molar-refractivity contribution in [2.75, 3.05) is 30.8 Å². The number of carbonyl (C=O) groups is 2. The van der Waals surface area contributed by atoms with Gasteiger partial charge in [0.05, 0.1) is 23.5 Å². The summed E-state index contributed by atoms with van der Waals surface area (Å²) < 4.78 is 37.2. The van der Waals surface area contributed by atoms with Crippen LogP contribution < -0.4 is 15.4 Å². The van der Waals surface area contributed by atoms with Crippen molar-refractivity contribution in [2.45, 2.75) is 4.90 Å². The number of fused-ring (bicyclic) bond motifs is 1. The number of halogens is 1. The summed E-state index contributed by atoms with van der Waals surface area (Å²) in [6, 6.07) is 11.1. The number of rotatable bonds is 6. The summed E-state index contributed by atoms with van der Waals surface area (Å²) in [5, 5.41) is 8.74. The zero-order valence-corrected chi connectivity index (χ0v) is 18.2. The molecule has 0 bridgehead atoms. The summed E-state index contributed by atoms with van der Waals surface area (Å²) in [5.74, 6) is -0.218. The Morgan fingerprint density at radius 1 is 1.28 bits per heavy atom. The Kier molecular flexibility index (Phi) is 5.87. The number of sulfonamides is 1. The number of benzene rings is 2. The van der Waals surface area contributed by atoms with Gasteiger partial charge in [0, 0.05) is 30.4 Å². The van der Waals surface area contributed by atoms with Crippen LogP contribution >= 0.6 is 11.6 Å². The maximum atomic E-state index is 13.0. The fourth-order valence-corrected chi connectivity index (χ4v) is 4.69. The van der Waals surface area contributed by atoms with Crippen LogP contribution in [-0.2, 0) is 19.6 Å². The highest BCUT2D eigenvalue weighted by Gasteiger charge is 2.29. The summed E-state index contributed by atoms with van der Waals surface area (Å²) in [4.78, 5) is 23.7. The van der Waals surface area contributed by atoms with E-state index in [0.29, 0.717) is 17.0 Å². The lowest BCUT2D eigenvalue weighted by atomic mass is 10.1. The third kappa shape index (κ3) is 4.44. The Morgan fingerprint density at radius 2 is 2.09 bits per heavy atom. The molecule has 0 fully saturated rings. The highest BCUT2D eigenvalue weighted by Crippen LogP contribution is 2.36. The van der Waals surface area contributed by atoms with Gasteiger partial charge in [-0.05, 0) is 18.2 Å². The molecule has 0 saturated carbocycles. The smallest absolute Gasteiger partial charge is 0.262 e. The number of hydrogen-bond acceptors (Lipinski definition) is 7. The third-order valence-electron chi connectivity index (χ3n) is 4.59. The molecule has 0 spiro atoms. The molecule has 10 nitrogen and oxygen atoms in total. The molecule has 4 rings (SSSR count). The van der Waals surface area contributed by atoms with Crippen LogP contribution in [0.5, 0.6) is 5.75 Å². The van der Waals surface area contributed by atoms with Crippen molar-refractivity contribution >= 4 is 44.8 Å². The van der Waals surface area contributed by atoms with Crippen LogP contribution in [0.1, 0.15) is 0 Å². The summed E-state index contributed by atoms with van der Waals surface area (Å²) in [5.41, 5.74) is 1.44. The van der Waals surface area contributed by atoms with Gasteiger partial charge in [0.1, 0.15) is 10.6 Å². The molecule has 2 aromatic carbocycles. The summed E-state index contributed by atoms with van der Waals surface area (Å²) >= 11 is 6.14. The first kappa shape index (κ1) is 21.8. The van der Waals surface area contributed by atoms with Gasteiger partial charge in [-0.25, -0.2) is 8.42 Å². The van der Waals surface area contributed by atoms with Crippen molar-refractivity contribution in [1.82, 2.24) is 9.46 Å². The van der Waals surface area contributed by atoms with E-state index in [2.05, 4.69) is 15.8 Å². The second-order valence-corrected chi connectivity index (χ2v) is 9.30. The molecular formula is C20H17ClN4O6S. The van der Waals surface area contributed by atoms with E-state index >= 15 is 0 Å². The molecule has 0 atom stereocenters. The van der Waals surface area contributed by atoms with Gasteiger partial charge in [-0.2, -0.15) is 4.31 Å². The molecule has 1 aromatic heterocycles. The van der Waals surface area contributed by atoms with Gasteiger partial charge in [0.2, 0.25) is 15.9 Å². The first-order chi connectivity index (χ1) is 15.2. The molecule has 2 amide bonds. The number of ether oxygens (including phenoxy) is 1. The van der Waals surface area contributed by atoms with Crippen LogP contribution in [0.2, 0.25) is 5.02 Å². The number of hydrogen-bond donors (Lipinski definition) is 2. The number of amides is 2. The number of carbonyl (C=O) groups excluding carboxylic acids is 2. The SMILES string of the molecule is CN(CC(=O)Nc1cccc(-c2ccno2)c1)S(=O)(=O)c1cc2c(cc1Cl)NC(=O)CO2. The minimum absolute atomic E-state index is 0.110.